The van der Waals surface area contributed by atoms with Gasteiger partial charge in [0.25, 0.3) is 5.91 Å². The van der Waals surface area contributed by atoms with Gasteiger partial charge in [0.2, 0.25) is 0 Å². The fourth-order valence-electron chi connectivity index (χ4n) is 3.70. The third-order valence-corrected chi connectivity index (χ3v) is 5.53. The summed E-state index contributed by atoms with van der Waals surface area (Å²) in [7, 11) is 1.37. The van der Waals surface area contributed by atoms with E-state index in [0.29, 0.717) is 17.0 Å². The predicted molar refractivity (Wildman–Crippen MR) is 126 cm³/mol. The van der Waals surface area contributed by atoms with Gasteiger partial charge in [0.1, 0.15) is 0 Å². The molecule has 0 fully saturated rings. The van der Waals surface area contributed by atoms with Crippen molar-refractivity contribution in [3.05, 3.63) is 89.0 Å². The maximum atomic E-state index is 13.0. The predicted octanol–water partition coefficient (Wildman–Crippen LogP) is 4.57. The van der Waals surface area contributed by atoms with E-state index in [-0.39, 0.29) is 23.4 Å². The van der Waals surface area contributed by atoms with Gasteiger partial charge in [-0.05, 0) is 49.8 Å². The van der Waals surface area contributed by atoms with Gasteiger partial charge in [-0.2, -0.15) is 10.1 Å². The van der Waals surface area contributed by atoms with Crippen LogP contribution in [0.2, 0.25) is 0 Å². The molecule has 1 amide bonds. The van der Waals surface area contributed by atoms with E-state index in [9.17, 15) is 14.4 Å². The minimum Gasteiger partial charge on any atom is -0.478 e. The average molecular weight is 447 g/mol. The lowest BCUT2D eigenvalue weighted by Crippen LogP contribution is -2.21. The summed E-state index contributed by atoms with van der Waals surface area (Å²) in [5.41, 5.74) is 3.37. The van der Waals surface area contributed by atoms with E-state index in [2.05, 4.69) is 5.10 Å². The van der Waals surface area contributed by atoms with E-state index >= 15 is 0 Å². The second-order valence-corrected chi connectivity index (χ2v) is 7.87. The SMILES string of the molecule is COC(=O)C(C)C(/C=C(C)/C=C1\C(=O)N(c2ccc(C(=O)O)cc2)N=C1C)c1ccccc1. The second kappa shape index (κ2) is 10.1. The smallest absolute Gasteiger partial charge is 0.335 e. The maximum Gasteiger partial charge on any atom is 0.335 e. The molecular formula is C26H26N2O5. The number of methoxy groups -OCH3 is 1. The van der Waals surface area contributed by atoms with E-state index in [4.69, 9.17) is 9.84 Å². The van der Waals surface area contributed by atoms with Crippen LogP contribution in [0.4, 0.5) is 5.69 Å². The molecule has 1 heterocycles. The molecule has 2 aromatic carbocycles. The Morgan fingerprint density at radius 1 is 1.09 bits per heavy atom. The Morgan fingerprint density at radius 3 is 2.30 bits per heavy atom. The Balaban J connectivity index is 1.90. The molecule has 0 aliphatic carbocycles. The third-order valence-electron chi connectivity index (χ3n) is 5.53. The molecule has 1 aliphatic rings. The molecule has 0 saturated heterocycles. The van der Waals surface area contributed by atoms with E-state index in [1.54, 1.807) is 25.1 Å². The standard InChI is InChI=1S/C26H26N2O5/c1-16(14-22(17(2)26(32)33-4)19-8-6-5-7-9-19)15-23-18(3)27-28(24(23)29)21-12-10-20(11-13-21)25(30)31/h5-15,17,22H,1-4H3,(H,30,31)/b16-14+,23-15-. The summed E-state index contributed by atoms with van der Waals surface area (Å²) in [5, 5.41) is 14.7. The molecule has 0 saturated carbocycles. The molecule has 2 unspecified atom stereocenters. The number of amides is 1. The number of nitrogens with zero attached hydrogens (tertiary/aromatic N) is 2. The molecule has 170 valence electrons. The highest BCUT2D eigenvalue weighted by Crippen LogP contribution is 2.30. The number of benzene rings is 2. The first-order chi connectivity index (χ1) is 15.7. The van der Waals surface area contributed by atoms with Crippen LogP contribution < -0.4 is 5.01 Å². The quantitative estimate of drug-likeness (QED) is 0.496. The molecule has 0 bridgehead atoms. The molecule has 0 spiro atoms. The van der Waals surface area contributed by atoms with Crippen LogP contribution >= 0.6 is 0 Å². The number of ether oxygens (including phenoxy) is 1. The largest absolute Gasteiger partial charge is 0.478 e. The van der Waals surface area contributed by atoms with Crippen molar-refractivity contribution in [2.75, 3.05) is 12.1 Å². The Bertz CT molecular complexity index is 1150. The first-order valence-electron chi connectivity index (χ1n) is 10.5. The summed E-state index contributed by atoms with van der Waals surface area (Å²) in [6, 6.07) is 15.6. The van der Waals surface area contributed by atoms with Gasteiger partial charge in [0.05, 0.1) is 35.6 Å². The van der Waals surface area contributed by atoms with Crippen LogP contribution in [-0.4, -0.2) is 35.8 Å². The van der Waals surface area contributed by atoms with E-state index < -0.39 is 11.9 Å². The van der Waals surface area contributed by atoms with E-state index in [1.165, 1.54) is 24.3 Å². The van der Waals surface area contributed by atoms with Gasteiger partial charge < -0.3 is 9.84 Å². The van der Waals surface area contributed by atoms with Crippen LogP contribution in [-0.2, 0) is 14.3 Å². The molecule has 0 aromatic heterocycles. The molecule has 1 aliphatic heterocycles. The number of hydrazone groups is 1. The minimum absolute atomic E-state index is 0.132. The van der Waals surface area contributed by atoms with E-state index in [0.717, 1.165) is 11.1 Å². The number of aromatic carboxylic acids is 1. The summed E-state index contributed by atoms with van der Waals surface area (Å²) in [6.45, 7) is 5.43. The summed E-state index contributed by atoms with van der Waals surface area (Å²) in [4.78, 5) is 36.3. The average Bonchev–Trinajstić information content (AvgIpc) is 3.10. The molecule has 2 aromatic rings. The van der Waals surface area contributed by atoms with Gasteiger partial charge in [0, 0.05) is 5.92 Å². The highest BCUT2D eigenvalue weighted by molar-refractivity contribution is 6.30. The van der Waals surface area contributed by atoms with Crippen LogP contribution in [0.1, 0.15) is 42.6 Å². The Labute approximate surface area is 192 Å². The van der Waals surface area contributed by atoms with Crippen molar-refractivity contribution in [2.45, 2.75) is 26.7 Å². The zero-order valence-electron chi connectivity index (χ0n) is 19.0. The zero-order valence-corrected chi connectivity index (χ0v) is 19.0. The number of rotatable bonds is 7. The zero-order chi connectivity index (χ0) is 24.1. The number of carboxylic acid groups (broad SMARTS) is 1. The fourth-order valence-corrected chi connectivity index (χ4v) is 3.70. The van der Waals surface area contributed by atoms with Gasteiger partial charge in [-0.25, -0.2) is 4.79 Å². The van der Waals surface area contributed by atoms with Gasteiger partial charge in [-0.15, -0.1) is 0 Å². The summed E-state index contributed by atoms with van der Waals surface area (Å²) >= 11 is 0. The van der Waals surface area contributed by atoms with Crippen molar-refractivity contribution in [3.63, 3.8) is 0 Å². The summed E-state index contributed by atoms with van der Waals surface area (Å²) in [5.74, 6) is -2.30. The van der Waals surface area contributed by atoms with Gasteiger partial charge in [-0.1, -0.05) is 48.9 Å². The fraction of sp³-hybridized carbons (Fsp3) is 0.231. The Kier molecular flexibility index (Phi) is 7.23. The molecule has 3 rings (SSSR count). The van der Waals surface area contributed by atoms with Crippen LogP contribution in [0.25, 0.3) is 0 Å². The number of esters is 1. The summed E-state index contributed by atoms with van der Waals surface area (Å²) in [6.07, 6.45) is 3.71. The summed E-state index contributed by atoms with van der Waals surface area (Å²) < 4.78 is 4.95. The van der Waals surface area contributed by atoms with E-state index in [1.807, 2.05) is 50.3 Å². The number of hydrogen-bond donors (Lipinski definition) is 1. The minimum atomic E-state index is -1.04. The lowest BCUT2D eigenvalue weighted by Gasteiger charge is -2.20. The van der Waals surface area contributed by atoms with Crippen molar-refractivity contribution in [1.29, 1.82) is 0 Å². The first kappa shape index (κ1) is 23.7. The number of allylic oxidation sites excluding steroid dienone is 3. The molecule has 33 heavy (non-hydrogen) atoms. The van der Waals surface area contributed by atoms with Gasteiger partial charge in [0.15, 0.2) is 0 Å². The van der Waals surface area contributed by atoms with Crippen LogP contribution in [0.3, 0.4) is 0 Å². The van der Waals surface area contributed by atoms with Gasteiger partial charge >= 0.3 is 11.9 Å². The van der Waals surface area contributed by atoms with Crippen molar-refractivity contribution >= 4 is 29.2 Å². The molecule has 0 radical (unpaired) electrons. The molecule has 2 atom stereocenters. The van der Waals surface area contributed by atoms with Crippen molar-refractivity contribution in [2.24, 2.45) is 11.0 Å². The van der Waals surface area contributed by atoms with Crippen molar-refractivity contribution in [1.82, 2.24) is 0 Å². The monoisotopic (exact) mass is 446 g/mol. The molecular weight excluding hydrogens is 420 g/mol. The second-order valence-electron chi connectivity index (χ2n) is 7.87. The highest BCUT2D eigenvalue weighted by Gasteiger charge is 2.29. The first-order valence-corrected chi connectivity index (χ1v) is 10.5. The van der Waals surface area contributed by atoms with Crippen molar-refractivity contribution in [3.8, 4) is 0 Å². The lowest BCUT2D eigenvalue weighted by atomic mass is 9.85. The van der Waals surface area contributed by atoms with Crippen molar-refractivity contribution < 1.29 is 24.2 Å². The Morgan fingerprint density at radius 2 is 1.73 bits per heavy atom. The maximum absolute atomic E-state index is 13.0. The van der Waals surface area contributed by atoms with Crippen LogP contribution in [0.5, 0.6) is 0 Å². The lowest BCUT2D eigenvalue weighted by molar-refractivity contribution is -0.145. The highest BCUT2D eigenvalue weighted by atomic mass is 16.5. The molecule has 1 N–H and O–H groups in total. The van der Waals surface area contributed by atoms with Crippen LogP contribution in [0, 0.1) is 5.92 Å². The molecule has 7 nitrogen and oxygen atoms in total. The number of anilines is 1. The number of carboxylic acids is 1. The van der Waals surface area contributed by atoms with Crippen LogP contribution in [0.15, 0.2) is 83.0 Å². The number of carbonyl (C=O) groups is 3. The normalized spacial score (nSPS) is 17.0. The van der Waals surface area contributed by atoms with Gasteiger partial charge in [-0.3, -0.25) is 9.59 Å². The number of hydrogen-bond acceptors (Lipinski definition) is 5. The Hall–Kier alpha value is -4.00. The third kappa shape index (κ3) is 5.26. The number of carbonyl (C=O) groups excluding carboxylic acids is 2. The topological polar surface area (TPSA) is 96.3 Å². The molecule has 7 heteroatoms.